The Morgan fingerprint density at radius 1 is 1.25 bits per heavy atom. The van der Waals surface area contributed by atoms with Crippen molar-refractivity contribution in [3.63, 3.8) is 0 Å². The van der Waals surface area contributed by atoms with Crippen LogP contribution in [0.2, 0.25) is 0 Å². The summed E-state index contributed by atoms with van der Waals surface area (Å²) in [5.74, 6) is 0.167. The zero-order chi connectivity index (χ0) is 12.4. The van der Waals surface area contributed by atoms with Gasteiger partial charge in [-0.05, 0) is 12.1 Å². The van der Waals surface area contributed by atoms with E-state index < -0.39 is 0 Å². The average molecular weight is 317 g/mol. The second kappa shape index (κ2) is 7.47. The summed E-state index contributed by atoms with van der Waals surface area (Å²) in [5.41, 5.74) is 1.73. The van der Waals surface area contributed by atoms with Crippen LogP contribution in [0.4, 0.5) is 0 Å². The molecule has 1 saturated heterocycles. The van der Waals surface area contributed by atoms with E-state index in [4.69, 9.17) is 0 Å². The van der Waals surface area contributed by atoms with Gasteiger partial charge in [-0.1, -0.05) is 6.07 Å². The first-order chi connectivity index (χ1) is 8.83. The molecular formula is C13H18Cl2N4O. The molecule has 1 aliphatic heterocycles. The van der Waals surface area contributed by atoms with Crippen molar-refractivity contribution in [3.05, 3.63) is 36.3 Å². The van der Waals surface area contributed by atoms with E-state index >= 15 is 0 Å². The summed E-state index contributed by atoms with van der Waals surface area (Å²) in [4.78, 5) is 18.4. The molecule has 1 amide bonds. The molecule has 2 aromatic heterocycles. The summed E-state index contributed by atoms with van der Waals surface area (Å²) in [6.45, 7) is 3.37. The van der Waals surface area contributed by atoms with Gasteiger partial charge in [0.15, 0.2) is 0 Å². The molecule has 0 bridgehead atoms. The highest BCUT2D eigenvalue weighted by Crippen LogP contribution is 2.07. The summed E-state index contributed by atoms with van der Waals surface area (Å²) in [7, 11) is 0. The van der Waals surface area contributed by atoms with E-state index in [1.165, 1.54) is 0 Å². The number of carbonyl (C=O) groups excluding carboxylic acids is 1. The van der Waals surface area contributed by atoms with Crippen molar-refractivity contribution in [2.24, 2.45) is 0 Å². The first kappa shape index (κ1) is 16.8. The monoisotopic (exact) mass is 316 g/mol. The number of imidazole rings is 1. The molecule has 20 heavy (non-hydrogen) atoms. The van der Waals surface area contributed by atoms with Crippen LogP contribution in [0.15, 0.2) is 30.6 Å². The van der Waals surface area contributed by atoms with Gasteiger partial charge in [0.2, 0.25) is 5.91 Å². The Bertz CT molecular complexity index is 533. The molecule has 0 aromatic carbocycles. The highest BCUT2D eigenvalue weighted by molar-refractivity contribution is 5.85. The van der Waals surface area contributed by atoms with E-state index in [1.54, 1.807) is 0 Å². The van der Waals surface area contributed by atoms with Crippen LogP contribution in [0.5, 0.6) is 0 Å². The normalized spacial score (nSPS) is 14.5. The number of hydrogen-bond donors (Lipinski definition) is 1. The minimum Gasteiger partial charge on any atom is -0.340 e. The molecule has 0 saturated carbocycles. The SMILES string of the molecule is Cl.Cl.O=C(Cc1cn2ccccc2n1)N1CCNCC1. The first-order valence-electron chi connectivity index (χ1n) is 6.24. The van der Waals surface area contributed by atoms with Gasteiger partial charge < -0.3 is 14.6 Å². The predicted molar refractivity (Wildman–Crippen MR) is 82.8 cm³/mol. The highest BCUT2D eigenvalue weighted by atomic mass is 35.5. The van der Waals surface area contributed by atoms with Crippen molar-refractivity contribution < 1.29 is 4.79 Å². The molecule has 3 heterocycles. The summed E-state index contributed by atoms with van der Waals surface area (Å²) < 4.78 is 1.94. The van der Waals surface area contributed by atoms with Crippen LogP contribution in [0, 0.1) is 0 Å². The number of fused-ring (bicyclic) bond motifs is 1. The number of amides is 1. The minimum absolute atomic E-state index is 0. The van der Waals surface area contributed by atoms with Crippen LogP contribution in [0.25, 0.3) is 5.65 Å². The number of halogens is 2. The van der Waals surface area contributed by atoms with Gasteiger partial charge in [-0.15, -0.1) is 24.8 Å². The lowest BCUT2D eigenvalue weighted by molar-refractivity contribution is -0.131. The van der Waals surface area contributed by atoms with Crippen molar-refractivity contribution in [3.8, 4) is 0 Å². The van der Waals surface area contributed by atoms with Crippen molar-refractivity contribution >= 4 is 36.4 Å². The van der Waals surface area contributed by atoms with E-state index in [9.17, 15) is 4.79 Å². The van der Waals surface area contributed by atoms with Gasteiger partial charge >= 0.3 is 0 Å². The largest absolute Gasteiger partial charge is 0.340 e. The van der Waals surface area contributed by atoms with E-state index in [0.717, 1.165) is 37.5 Å². The van der Waals surface area contributed by atoms with Crippen LogP contribution >= 0.6 is 24.8 Å². The maximum absolute atomic E-state index is 12.1. The molecule has 1 fully saturated rings. The van der Waals surface area contributed by atoms with Gasteiger partial charge in [-0.3, -0.25) is 4.79 Å². The number of rotatable bonds is 2. The fourth-order valence-electron chi connectivity index (χ4n) is 2.25. The van der Waals surface area contributed by atoms with Gasteiger partial charge in [-0.2, -0.15) is 0 Å². The number of pyridine rings is 1. The predicted octanol–water partition coefficient (Wildman–Crippen LogP) is 1.15. The summed E-state index contributed by atoms with van der Waals surface area (Å²) in [6.07, 6.45) is 4.26. The Hall–Kier alpha value is -1.30. The zero-order valence-corrected chi connectivity index (χ0v) is 12.6. The van der Waals surface area contributed by atoms with Gasteiger partial charge in [0.25, 0.3) is 0 Å². The number of carbonyl (C=O) groups is 1. The molecule has 7 heteroatoms. The molecule has 0 spiro atoms. The molecule has 5 nitrogen and oxygen atoms in total. The quantitative estimate of drug-likeness (QED) is 0.904. The van der Waals surface area contributed by atoms with Crippen molar-refractivity contribution in [1.82, 2.24) is 19.6 Å². The van der Waals surface area contributed by atoms with Crippen molar-refractivity contribution in [2.45, 2.75) is 6.42 Å². The van der Waals surface area contributed by atoms with Crippen LogP contribution in [0.3, 0.4) is 0 Å². The van der Waals surface area contributed by atoms with E-state index in [0.29, 0.717) is 6.42 Å². The molecular weight excluding hydrogens is 299 g/mol. The maximum Gasteiger partial charge on any atom is 0.228 e. The Balaban J connectivity index is 0.000001000. The number of hydrogen-bond acceptors (Lipinski definition) is 3. The van der Waals surface area contributed by atoms with Crippen molar-refractivity contribution in [2.75, 3.05) is 26.2 Å². The Morgan fingerprint density at radius 2 is 2.00 bits per heavy atom. The molecule has 0 aliphatic carbocycles. The third-order valence-electron chi connectivity index (χ3n) is 3.22. The molecule has 1 aliphatic rings. The molecule has 3 rings (SSSR count). The van der Waals surface area contributed by atoms with Gasteiger partial charge in [0, 0.05) is 38.6 Å². The zero-order valence-electron chi connectivity index (χ0n) is 11.0. The lowest BCUT2D eigenvalue weighted by atomic mass is 10.2. The van der Waals surface area contributed by atoms with E-state index in [1.807, 2.05) is 39.9 Å². The minimum atomic E-state index is 0. The van der Waals surface area contributed by atoms with E-state index in [-0.39, 0.29) is 30.7 Å². The standard InChI is InChI=1S/C13H16N4O.2ClH/c18-13(16-7-4-14-5-8-16)9-11-10-17-6-2-1-3-12(17)15-11;;/h1-3,6,10,14H,4-5,7-9H2;2*1H. The fourth-order valence-corrected chi connectivity index (χ4v) is 2.25. The molecule has 0 atom stereocenters. The summed E-state index contributed by atoms with van der Waals surface area (Å²) in [6, 6.07) is 5.85. The third-order valence-corrected chi connectivity index (χ3v) is 3.22. The van der Waals surface area contributed by atoms with Gasteiger partial charge in [-0.25, -0.2) is 4.98 Å². The number of aromatic nitrogens is 2. The maximum atomic E-state index is 12.1. The fraction of sp³-hybridized carbons (Fsp3) is 0.385. The second-order valence-corrected chi connectivity index (χ2v) is 4.51. The highest BCUT2D eigenvalue weighted by Gasteiger charge is 2.17. The Kier molecular flexibility index (Phi) is 6.26. The van der Waals surface area contributed by atoms with E-state index in [2.05, 4.69) is 10.3 Å². The number of nitrogens with one attached hydrogen (secondary N) is 1. The molecule has 1 N–H and O–H groups in total. The lowest BCUT2D eigenvalue weighted by Gasteiger charge is -2.27. The molecule has 2 aromatic rings. The van der Waals surface area contributed by atoms with Crippen LogP contribution in [0.1, 0.15) is 5.69 Å². The smallest absolute Gasteiger partial charge is 0.228 e. The molecule has 0 radical (unpaired) electrons. The Labute approximate surface area is 130 Å². The van der Waals surface area contributed by atoms with Crippen molar-refractivity contribution in [1.29, 1.82) is 0 Å². The average Bonchev–Trinajstić information content (AvgIpc) is 2.82. The third kappa shape index (κ3) is 3.62. The number of piperazine rings is 1. The van der Waals surface area contributed by atoms with Crippen LogP contribution < -0.4 is 5.32 Å². The van der Waals surface area contributed by atoms with Crippen LogP contribution in [-0.2, 0) is 11.2 Å². The second-order valence-electron chi connectivity index (χ2n) is 4.51. The van der Waals surface area contributed by atoms with Crippen LogP contribution in [-0.4, -0.2) is 46.4 Å². The number of nitrogens with zero attached hydrogens (tertiary/aromatic N) is 3. The van der Waals surface area contributed by atoms with Gasteiger partial charge in [0.05, 0.1) is 12.1 Å². The van der Waals surface area contributed by atoms with Gasteiger partial charge in [0.1, 0.15) is 5.65 Å². The summed E-state index contributed by atoms with van der Waals surface area (Å²) >= 11 is 0. The Morgan fingerprint density at radius 3 is 2.70 bits per heavy atom. The topological polar surface area (TPSA) is 49.6 Å². The lowest BCUT2D eigenvalue weighted by Crippen LogP contribution is -2.46. The molecule has 0 unspecified atom stereocenters. The first-order valence-corrected chi connectivity index (χ1v) is 6.24. The molecule has 110 valence electrons. The summed E-state index contributed by atoms with van der Waals surface area (Å²) in [5, 5.41) is 3.24.